The summed E-state index contributed by atoms with van der Waals surface area (Å²) in [7, 11) is -2.45. The van der Waals surface area contributed by atoms with Crippen LogP contribution < -0.4 is 19.1 Å². The second-order valence-corrected chi connectivity index (χ2v) is 10.1. The van der Waals surface area contributed by atoms with Gasteiger partial charge in [-0.05, 0) is 66.2 Å². The fourth-order valence-electron chi connectivity index (χ4n) is 3.70. The summed E-state index contributed by atoms with van der Waals surface area (Å²) in [4.78, 5) is 12.9. The average molecular weight is 505 g/mol. The number of sulfonamides is 1. The van der Waals surface area contributed by atoms with Gasteiger partial charge in [-0.15, -0.1) is 0 Å². The number of ether oxygens (including phenoxy) is 2. The van der Waals surface area contributed by atoms with E-state index >= 15 is 0 Å². The topological polar surface area (TPSA) is 84.9 Å². The molecule has 36 heavy (non-hydrogen) atoms. The molecule has 0 heterocycles. The minimum atomic E-state index is -3.98. The number of carbonyl (C=O) groups is 1. The Bertz CT molecular complexity index is 1440. The Morgan fingerprint density at radius 3 is 2.22 bits per heavy atom. The highest BCUT2D eigenvalue weighted by molar-refractivity contribution is 7.92. The quantitative estimate of drug-likeness (QED) is 0.321. The van der Waals surface area contributed by atoms with Crippen molar-refractivity contribution in [1.82, 2.24) is 5.32 Å². The Balaban J connectivity index is 1.43. The molecule has 1 N–H and O–H groups in total. The van der Waals surface area contributed by atoms with Crippen LogP contribution in [0, 0.1) is 6.92 Å². The van der Waals surface area contributed by atoms with Crippen LogP contribution in [0.1, 0.15) is 5.56 Å². The Morgan fingerprint density at radius 1 is 0.861 bits per heavy atom. The van der Waals surface area contributed by atoms with Gasteiger partial charge in [0.2, 0.25) is 5.91 Å². The maximum atomic E-state index is 13.4. The molecule has 0 aromatic heterocycles. The van der Waals surface area contributed by atoms with E-state index in [0.717, 1.165) is 20.6 Å². The number of fused-ring (bicyclic) bond motifs is 1. The van der Waals surface area contributed by atoms with Crippen molar-refractivity contribution in [3.8, 4) is 11.5 Å². The van der Waals surface area contributed by atoms with Crippen LogP contribution in [0.15, 0.2) is 95.9 Å². The second-order valence-electron chi connectivity index (χ2n) is 8.23. The summed E-state index contributed by atoms with van der Waals surface area (Å²) < 4.78 is 38.9. The number of hydrogen-bond donors (Lipinski definition) is 1. The minimum Gasteiger partial charge on any atom is -0.497 e. The van der Waals surface area contributed by atoms with Gasteiger partial charge in [-0.3, -0.25) is 9.10 Å². The van der Waals surface area contributed by atoms with E-state index in [1.807, 2.05) is 49.4 Å². The lowest BCUT2D eigenvalue weighted by molar-refractivity contribution is -0.119. The lowest BCUT2D eigenvalue weighted by atomic mass is 10.1. The summed E-state index contributed by atoms with van der Waals surface area (Å²) in [6.45, 7) is 1.98. The number of aryl methyl sites for hydroxylation is 1. The summed E-state index contributed by atoms with van der Waals surface area (Å²) in [6.07, 6.45) is 0. The molecule has 0 aliphatic rings. The standard InChI is InChI=1S/C28H28N2O5S/c1-21-7-15-27(16-8-21)36(32,33)30(24-10-13-25(34-2)14-11-24)20-28(31)29-17-18-35-26-12-9-22-5-3-4-6-23(22)19-26/h3-16,19H,17-18,20H2,1-2H3,(H,29,31). The molecule has 4 aromatic rings. The van der Waals surface area contributed by atoms with Gasteiger partial charge in [0.25, 0.3) is 10.0 Å². The molecule has 4 aromatic carbocycles. The second kappa shape index (κ2) is 11.1. The van der Waals surface area contributed by atoms with Crippen LogP contribution in [0.4, 0.5) is 5.69 Å². The minimum absolute atomic E-state index is 0.108. The molecule has 0 aliphatic carbocycles. The van der Waals surface area contributed by atoms with Crippen LogP contribution in [0.25, 0.3) is 10.8 Å². The van der Waals surface area contributed by atoms with Crippen LogP contribution in [-0.4, -0.2) is 41.1 Å². The summed E-state index contributed by atoms with van der Waals surface area (Å²) in [5.41, 5.74) is 1.30. The first-order valence-corrected chi connectivity index (χ1v) is 12.9. The van der Waals surface area contributed by atoms with E-state index in [4.69, 9.17) is 9.47 Å². The molecule has 4 rings (SSSR count). The van der Waals surface area contributed by atoms with Crippen molar-refractivity contribution in [3.05, 3.63) is 96.6 Å². The predicted octanol–water partition coefficient (Wildman–Crippen LogP) is 4.55. The number of carbonyl (C=O) groups excluding carboxylic acids is 1. The van der Waals surface area contributed by atoms with Gasteiger partial charge in [0.15, 0.2) is 0 Å². The molecular formula is C28H28N2O5S. The zero-order chi connectivity index (χ0) is 25.5. The molecule has 186 valence electrons. The van der Waals surface area contributed by atoms with Crippen molar-refractivity contribution < 1.29 is 22.7 Å². The smallest absolute Gasteiger partial charge is 0.264 e. The first-order valence-electron chi connectivity index (χ1n) is 11.5. The maximum Gasteiger partial charge on any atom is 0.264 e. The molecular weight excluding hydrogens is 476 g/mol. The van der Waals surface area contributed by atoms with Crippen molar-refractivity contribution >= 4 is 32.4 Å². The van der Waals surface area contributed by atoms with E-state index in [-0.39, 0.29) is 24.6 Å². The molecule has 1 amide bonds. The molecule has 0 atom stereocenters. The van der Waals surface area contributed by atoms with Crippen LogP contribution in [0.5, 0.6) is 11.5 Å². The zero-order valence-corrected chi connectivity index (χ0v) is 21.0. The molecule has 8 heteroatoms. The summed E-state index contributed by atoms with van der Waals surface area (Å²) in [5, 5.41) is 4.93. The summed E-state index contributed by atoms with van der Waals surface area (Å²) in [5.74, 6) is 0.843. The number of hydrogen-bond acceptors (Lipinski definition) is 5. The summed E-state index contributed by atoms with van der Waals surface area (Å²) >= 11 is 0. The molecule has 0 saturated heterocycles. The Kier molecular flexibility index (Phi) is 7.75. The monoisotopic (exact) mass is 504 g/mol. The fourth-order valence-corrected chi connectivity index (χ4v) is 5.12. The van der Waals surface area contributed by atoms with E-state index in [0.29, 0.717) is 17.2 Å². The van der Waals surface area contributed by atoms with Crippen LogP contribution in [-0.2, 0) is 14.8 Å². The SMILES string of the molecule is COc1ccc(N(CC(=O)NCCOc2ccc3ccccc3c2)S(=O)(=O)c2ccc(C)cc2)cc1. The maximum absolute atomic E-state index is 13.4. The molecule has 0 fully saturated rings. The van der Waals surface area contributed by atoms with Crippen molar-refractivity contribution in [2.24, 2.45) is 0 Å². The third-order valence-corrected chi connectivity index (χ3v) is 7.46. The molecule has 0 saturated carbocycles. The molecule has 0 unspecified atom stereocenters. The molecule has 0 aliphatic heterocycles. The van der Waals surface area contributed by atoms with Crippen LogP contribution >= 0.6 is 0 Å². The fraction of sp³-hybridized carbons (Fsp3) is 0.179. The largest absolute Gasteiger partial charge is 0.497 e. The van der Waals surface area contributed by atoms with E-state index < -0.39 is 15.9 Å². The van der Waals surface area contributed by atoms with E-state index in [1.165, 1.54) is 19.2 Å². The van der Waals surface area contributed by atoms with Crippen molar-refractivity contribution in [1.29, 1.82) is 0 Å². The van der Waals surface area contributed by atoms with Crippen LogP contribution in [0.3, 0.4) is 0 Å². The number of methoxy groups -OCH3 is 1. The number of amides is 1. The van der Waals surface area contributed by atoms with Gasteiger partial charge in [-0.1, -0.05) is 48.0 Å². The first-order chi connectivity index (χ1) is 17.4. The zero-order valence-electron chi connectivity index (χ0n) is 20.2. The average Bonchev–Trinajstić information content (AvgIpc) is 2.90. The third kappa shape index (κ3) is 5.95. The number of anilines is 1. The van der Waals surface area contributed by atoms with E-state index in [1.54, 1.807) is 36.4 Å². The molecule has 0 spiro atoms. The molecule has 0 radical (unpaired) electrons. The van der Waals surface area contributed by atoms with Crippen LogP contribution in [0.2, 0.25) is 0 Å². The van der Waals surface area contributed by atoms with Gasteiger partial charge in [0, 0.05) is 0 Å². The van der Waals surface area contributed by atoms with Gasteiger partial charge in [0.05, 0.1) is 24.2 Å². The molecule has 7 nitrogen and oxygen atoms in total. The van der Waals surface area contributed by atoms with Gasteiger partial charge < -0.3 is 14.8 Å². The first kappa shape index (κ1) is 25.1. The Morgan fingerprint density at radius 2 is 1.53 bits per heavy atom. The predicted molar refractivity (Wildman–Crippen MR) is 141 cm³/mol. The van der Waals surface area contributed by atoms with Gasteiger partial charge in [-0.25, -0.2) is 8.42 Å². The van der Waals surface area contributed by atoms with E-state index in [9.17, 15) is 13.2 Å². The van der Waals surface area contributed by atoms with Gasteiger partial charge in [0.1, 0.15) is 24.7 Å². The lowest BCUT2D eigenvalue weighted by Gasteiger charge is -2.24. The Labute approximate surface area is 211 Å². The third-order valence-electron chi connectivity index (χ3n) is 5.67. The van der Waals surface area contributed by atoms with Gasteiger partial charge >= 0.3 is 0 Å². The van der Waals surface area contributed by atoms with Crippen molar-refractivity contribution in [3.63, 3.8) is 0 Å². The number of nitrogens with zero attached hydrogens (tertiary/aromatic N) is 1. The highest BCUT2D eigenvalue weighted by Gasteiger charge is 2.27. The van der Waals surface area contributed by atoms with Crippen molar-refractivity contribution in [2.75, 3.05) is 31.1 Å². The normalized spacial score (nSPS) is 11.2. The van der Waals surface area contributed by atoms with E-state index in [2.05, 4.69) is 5.32 Å². The van der Waals surface area contributed by atoms with Crippen molar-refractivity contribution in [2.45, 2.75) is 11.8 Å². The van der Waals surface area contributed by atoms with Gasteiger partial charge in [-0.2, -0.15) is 0 Å². The number of rotatable bonds is 10. The highest BCUT2D eigenvalue weighted by Crippen LogP contribution is 2.26. The number of benzene rings is 4. The Hall–Kier alpha value is -4.04. The lowest BCUT2D eigenvalue weighted by Crippen LogP contribution is -2.41. The summed E-state index contributed by atoms with van der Waals surface area (Å²) in [6, 6.07) is 26.8. The number of nitrogens with one attached hydrogen (secondary N) is 1. The molecule has 0 bridgehead atoms. The highest BCUT2D eigenvalue weighted by atomic mass is 32.2.